The molecule has 1 amide bonds. The van der Waals surface area contributed by atoms with Crippen LogP contribution in [-0.4, -0.2) is 47.4 Å². The van der Waals surface area contributed by atoms with Crippen molar-refractivity contribution in [2.45, 2.75) is 251 Å². The fraction of sp³-hybridized carbons (Fsp3) is 0.804. The Hall–Kier alpha value is -2.18. The number of unbranched alkanes of at least 4 members (excludes halogenated alkanes) is 27. The number of hydrogen-bond donors (Lipinski definition) is 3. The molecule has 0 aromatic carbocycles. The second-order valence-electron chi connectivity index (χ2n) is 16.4. The van der Waals surface area contributed by atoms with Crippen LogP contribution in [0, 0.1) is 0 Å². The molecule has 0 saturated heterocycles. The molecule has 0 aliphatic heterocycles. The van der Waals surface area contributed by atoms with Gasteiger partial charge in [0.1, 0.15) is 0 Å². The van der Waals surface area contributed by atoms with Gasteiger partial charge in [-0.05, 0) is 89.9 Å². The Bertz CT molecular complexity index is 973. The first-order valence-corrected chi connectivity index (χ1v) is 24.4. The predicted molar refractivity (Wildman–Crippen MR) is 245 cm³/mol. The van der Waals surface area contributed by atoms with E-state index in [4.69, 9.17) is 4.74 Å². The van der Waals surface area contributed by atoms with E-state index >= 15 is 0 Å². The first-order chi connectivity index (χ1) is 28.0. The molecule has 0 aliphatic carbocycles. The molecule has 0 saturated carbocycles. The first kappa shape index (κ1) is 54.8. The van der Waals surface area contributed by atoms with Gasteiger partial charge in [0, 0.05) is 12.8 Å². The van der Waals surface area contributed by atoms with E-state index in [1.165, 1.54) is 116 Å². The SMILES string of the molecule is CCCCC/C=C\C/C=C\CCCCCCCC(=O)OCCCC/C=C\CCCCCCCC(=O)NC(CO)C(O)/C=C/CCCCCCCCCCCCCC. The summed E-state index contributed by atoms with van der Waals surface area (Å²) in [6, 6.07) is -0.650. The standard InChI is InChI=1S/C51H93NO5/c1-3-5-7-9-11-13-15-17-19-21-25-29-33-37-41-45-51(56)57-46-42-38-34-30-26-22-24-28-32-36-40-44-50(55)52-48(47-53)49(54)43-39-35-31-27-23-20-18-16-14-12-10-8-6-4-2/h11,13,17,19,26,30,39,43,48-49,53-54H,3-10,12,14-16,18,20-25,27-29,31-38,40-42,44-47H2,1-2H3,(H,52,55)/b13-11-,19-17-,30-26-,43-39+. The molecule has 0 heterocycles. The van der Waals surface area contributed by atoms with Crippen LogP contribution in [-0.2, 0) is 14.3 Å². The van der Waals surface area contributed by atoms with Gasteiger partial charge in [0.05, 0.1) is 25.4 Å². The third kappa shape index (κ3) is 43.2. The predicted octanol–water partition coefficient (Wildman–Crippen LogP) is 14.3. The largest absolute Gasteiger partial charge is 0.466 e. The van der Waals surface area contributed by atoms with Crippen LogP contribution < -0.4 is 5.32 Å². The maximum atomic E-state index is 12.4. The van der Waals surface area contributed by atoms with E-state index in [-0.39, 0.29) is 18.5 Å². The smallest absolute Gasteiger partial charge is 0.305 e. The normalized spacial score (nSPS) is 13.1. The molecule has 0 spiro atoms. The van der Waals surface area contributed by atoms with Crippen molar-refractivity contribution >= 4 is 11.9 Å². The van der Waals surface area contributed by atoms with Gasteiger partial charge in [0.15, 0.2) is 0 Å². The molecular weight excluding hydrogens is 707 g/mol. The van der Waals surface area contributed by atoms with Crippen molar-refractivity contribution in [3.8, 4) is 0 Å². The highest BCUT2D eigenvalue weighted by Crippen LogP contribution is 2.14. The maximum absolute atomic E-state index is 12.4. The van der Waals surface area contributed by atoms with Gasteiger partial charge in [-0.25, -0.2) is 0 Å². The average Bonchev–Trinajstić information content (AvgIpc) is 3.21. The number of amides is 1. The zero-order valence-corrected chi connectivity index (χ0v) is 37.6. The topological polar surface area (TPSA) is 95.9 Å². The highest BCUT2D eigenvalue weighted by atomic mass is 16.5. The van der Waals surface area contributed by atoms with Crippen LogP contribution >= 0.6 is 0 Å². The number of rotatable bonds is 44. The molecule has 2 unspecified atom stereocenters. The molecule has 0 aromatic heterocycles. The fourth-order valence-corrected chi connectivity index (χ4v) is 7.01. The summed E-state index contributed by atoms with van der Waals surface area (Å²) in [7, 11) is 0. The van der Waals surface area contributed by atoms with Crippen molar-refractivity contribution in [2.24, 2.45) is 0 Å². The lowest BCUT2D eigenvalue weighted by molar-refractivity contribution is -0.143. The van der Waals surface area contributed by atoms with Gasteiger partial charge in [0.2, 0.25) is 5.91 Å². The molecular formula is C51H93NO5. The lowest BCUT2D eigenvalue weighted by atomic mass is 10.0. The number of ether oxygens (including phenoxy) is 1. The highest BCUT2D eigenvalue weighted by Gasteiger charge is 2.18. The number of aliphatic hydroxyl groups excluding tert-OH is 2. The van der Waals surface area contributed by atoms with Crippen molar-refractivity contribution in [1.29, 1.82) is 0 Å². The molecule has 6 nitrogen and oxygen atoms in total. The Morgan fingerprint density at radius 1 is 0.491 bits per heavy atom. The Morgan fingerprint density at radius 3 is 1.39 bits per heavy atom. The van der Waals surface area contributed by atoms with E-state index in [9.17, 15) is 19.8 Å². The summed E-state index contributed by atoms with van der Waals surface area (Å²) in [6.45, 7) is 4.77. The van der Waals surface area contributed by atoms with Gasteiger partial charge in [-0.1, -0.05) is 184 Å². The van der Waals surface area contributed by atoms with Crippen LogP contribution in [0.5, 0.6) is 0 Å². The third-order valence-corrected chi connectivity index (χ3v) is 10.8. The fourth-order valence-electron chi connectivity index (χ4n) is 7.01. The molecule has 0 radical (unpaired) electrons. The zero-order valence-electron chi connectivity index (χ0n) is 37.6. The molecule has 0 rings (SSSR count). The van der Waals surface area contributed by atoms with Gasteiger partial charge in [-0.2, -0.15) is 0 Å². The van der Waals surface area contributed by atoms with Gasteiger partial charge in [0.25, 0.3) is 0 Å². The van der Waals surface area contributed by atoms with Crippen LogP contribution in [0.25, 0.3) is 0 Å². The number of nitrogens with one attached hydrogen (secondary N) is 1. The molecule has 332 valence electrons. The number of aliphatic hydroxyl groups is 2. The second kappa shape index (κ2) is 46.5. The Balaban J connectivity index is 3.58. The lowest BCUT2D eigenvalue weighted by Gasteiger charge is -2.20. The van der Waals surface area contributed by atoms with Gasteiger partial charge in [-0.15, -0.1) is 0 Å². The van der Waals surface area contributed by atoms with Crippen LogP contribution in [0.2, 0.25) is 0 Å². The van der Waals surface area contributed by atoms with Gasteiger partial charge < -0.3 is 20.3 Å². The number of hydrogen-bond acceptors (Lipinski definition) is 5. The van der Waals surface area contributed by atoms with Crippen molar-refractivity contribution in [3.05, 3.63) is 48.6 Å². The zero-order chi connectivity index (χ0) is 41.5. The maximum Gasteiger partial charge on any atom is 0.305 e. The van der Waals surface area contributed by atoms with Gasteiger partial charge >= 0.3 is 5.97 Å². The van der Waals surface area contributed by atoms with Gasteiger partial charge in [-0.3, -0.25) is 9.59 Å². The van der Waals surface area contributed by atoms with E-state index in [2.05, 4.69) is 55.6 Å². The minimum Gasteiger partial charge on any atom is -0.466 e. The summed E-state index contributed by atoms with van der Waals surface area (Å²) in [5.41, 5.74) is 0. The van der Waals surface area contributed by atoms with Crippen molar-refractivity contribution in [1.82, 2.24) is 5.32 Å². The molecule has 57 heavy (non-hydrogen) atoms. The number of allylic oxidation sites excluding steroid dienone is 7. The Labute approximate surface area is 353 Å². The van der Waals surface area contributed by atoms with E-state index in [0.29, 0.717) is 19.4 Å². The van der Waals surface area contributed by atoms with E-state index in [1.54, 1.807) is 6.08 Å². The average molecular weight is 800 g/mol. The van der Waals surface area contributed by atoms with Crippen LogP contribution in [0.1, 0.15) is 239 Å². The summed E-state index contributed by atoms with van der Waals surface area (Å²) >= 11 is 0. The summed E-state index contributed by atoms with van der Waals surface area (Å²) in [5.74, 6) is -0.148. The molecule has 0 aliphatic rings. The number of esters is 1. The molecule has 6 heteroatoms. The van der Waals surface area contributed by atoms with E-state index in [0.717, 1.165) is 96.3 Å². The lowest BCUT2D eigenvalue weighted by Crippen LogP contribution is -2.45. The Morgan fingerprint density at radius 2 is 0.877 bits per heavy atom. The first-order valence-electron chi connectivity index (χ1n) is 24.4. The summed E-state index contributed by atoms with van der Waals surface area (Å²) in [5, 5.41) is 23.0. The van der Waals surface area contributed by atoms with Crippen molar-refractivity contribution < 1.29 is 24.5 Å². The second-order valence-corrected chi connectivity index (χ2v) is 16.4. The number of carbonyl (C=O) groups excluding carboxylic acids is 2. The monoisotopic (exact) mass is 800 g/mol. The molecule has 3 N–H and O–H groups in total. The number of carbonyl (C=O) groups is 2. The van der Waals surface area contributed by atoms with Crippen LogP contribution in [0.3, 0.4) is 0 Å². The summed E-state index contributed by atoms with van der Waals surface area (Å²) < 4.78 is 5.42. The van der Waals surface area contributed by atoms with E-state index in [1.807, 2.05) is 6.08 Å². The third-order valence-electron chi connectivity index (χ3n) is 10.8. The quantitative estimate of drug-likeness (QED) is 0.0324. The van der Waals surface area contributed by atoms with Crippen molar-refractivity contribution in [3.63, 3.8) is 0 Å². The van der Waals surface area contributed by atoms with Crippen molar-refractivity contribution in [2.75, 3.05) is 13.2 Å². The minimum absolute atomic E-state index is 0.0481. The molecule has 2 atom stereocenters. The molecule has 0 bridgehead atoms. The minimum atomic E-state index is -0.863. The Kier molecular flexibility index (Phi) is 44.7. The summed E-state index contributed by atoms with van der Waals surface area (Å²) in [6.07, 6.45) is 56.7. The van der Waals surface area contributed by atoms with Crippen LogP contribution in [0.4, 0.5) is 0 Å². The summed E-state index contributed by atoms with van der Waals surface area (Å²) in [4.78, 5) is 24.4. The molecule has 0 aromatic rings. The van der Waals surface area contributed by atoms with E-state index < -0.39 is 12.1 Å². The molecule has 0 fully saturated rings. The van der Waals surface area contributed by atoms with Crippen LogP contribution in [0.15, 0.2) is 48.6 Å². The highest BCUT2D eigenvalue weighted by molar-refractivity contribution is 5.76.